The molecule has 0 aliphatic carbocycles. The van der Waals surface area contributed by atoms with E-state index < -0.39 is 0 Å². The number of furan rings is 1. The summed E-state index contributed by atoms with van der Waals surface area (Å²) in [5.41, 5.74) is 5.48. The number of amides is 1. The molecule has 1 aliphatic heterocycles. The zero-order valence-corrected chi connectivity index (χ0v) is 11.4. The van der Waals surface area contributed by atoms with Crippen LogP contribution >= 0.6 is 0 Å². The third-order valence-corrected chi connectivity index (χ3v) is 3.30. The van der Waals surface area contributed by atoms with Crippen molar-refractivity contribution in [1.82, 2.24) is 4.90 Å². The van der Waals surface area contributed by atoms with Crippen LogP contribution in [0.3, 0.4) is 0 Å². The highest BCUT2D eigenvalue weighted by Crippen LogP contribution is 2.17. The maximum Gasteiger partial charge on any atom is 0.289 e. The average molecular weight is 266 g/mol. The van der Waals surface area contributed by atoms with Gasteiger partial charge >= 0.3 is 0 Å². The number of nitrogens with zero attached hydrogens (tertiary/aromatic N) is 1. The van der Waals surface area contributed by atoms with Crippen molar-refractivity contribution < 1.29 is 13.9 Å². The zero-order valence-electron chi connectivity index (χ0n) is 11.4. The van der Waals surface area contributed by atoms with Crippen LogP contribution in [0.1, 0.15) is 42.5 Å². The number of hydrogen-bond donors (Lipinski definition) is 1. The van der Waals surface area contributed by atoms with E-state index in [1.165, 1.54) is 0 Å². The molecule has 0 saturated carbocycles. The van der Waals surface area contributed by atoms with Gasteiger partial charge in [-0.15, -0.1) is 0 Å². The first-order chi connectivity index (χ1) is 9.24. The van der Waals surface area contributed by atoms with E-state index in [0.717, 1.165) is 32.4 Å². The van der Waals surface area contributed by atoms with Crippen molar-refractivity contribution >= 4 is 5.91 Å². The summed E-state index contributed by atoms with van der Waals surface area (Å²) >= 11 is 0. The average Bonchev–Trinajstić information content (AvgIpc) is 2.93. The minimum atomic E-state index is -0.0653. The molecule has 5 heteroatoms. The van der Waals surface area contributed by atoms with Crippen molar-refractivity contribution in [3.05, 3.63) is 23.7 Å². The molecular formula is C14H22N2O3. The molecule has 19 heavy (non-hydrogen) atoms. The summed E-state index contributed by atoms with van der Waals surface area (Å²) in [6.45, 7) is 4.57. The van der Waals surface area contributed by atoms with E-state index in [1.807, 2.05) is 4.90 Å². The fourth-order valence-electron chi connectivity index (χ4n) is 2.30. The van der Waals surface area contributed by atoms with Gasteiger partial charge in [-0.05, 0) is 31.4 Å². The Morgan fingerprint density at radius 3 is 3.11 bits per heavy atom. The van der Waals surface area contributed by atoms with Crippen molar-refractivity contribution in [2.75, 3.05) is 19.7 Å². The molecule has 1 fully saturated rings. The molecule has 5 nitrogen and oxygen atoms in total. The summed E-state index contributed by atoms with van der Waals surface area (Å²) in [5.74, 6) is 0.945. The molecule has 106 valence electrons. The Bertz CT molecular complexity index is 417. The molecule has 1 aromatic heterocycles. The molecule has 0 radical (unpaired) electrons. The number of hydrogen-bond acceptors (Lipinski definition) is 4. The lowest BCUT2D eigenvalue weighted by Crippen LogP contribution is -2.43. The molecule has 0 spiro atoms. The highest BCUT2D eigenvalue weighted by Gasteiger charge is 2.26. The predicted octanol–water partition coefficient (Wildman–Crippen LogP) is 1.77. The SMILES string of the molecule is CCCOC1CCCN(C(=O)c2ccc(CN)o2)C1. The van der Waals surface area contributed by atoms with Gasteiger partial charge in [-0.2, -0.15) is 0 Å². The van der Waals surface area contributed by atoms with E-state index in [9.17, 15) is 4.79 Å². The monoisotopic (exact) mass is 266 g/mol. The van der Waals surface area contributed by atoms with Crippen LogP contribution in [0.4, 0.5) is 0 Å². The number of ether oxygens (including phenoxy) is 1. The highest BCUT2D eigenvalue weighted by atomic mass is 16.5. The van der Waals surface area contributed by atoms with Crippen molar-refractivity contribution in [2.45, 2.75) is 38.8 Å². The van der Waals surface area contributed by atoms with Gasteiger partial charge in [0.25, 0.3) is 5.91 Å². The summed E-state index contributed by atoms with van der Waals surface area (Å²) in [7, 11) is 0. The smallest absolute Gasteiger partial charge is 0.289 e. The molecule has 2 rings (SSSR count). The van der Waals surface area contributed by atoms with Gasteiger partial charge in [0.2, 0.25) is 0 Å². The van der Waals surface area contributed by atoms with Crippen LogP contribution in [0, 0.1) is 0 Å². The zero-order chi connectivity index (χ0) is 13.7. The Hall–Kier alpha value is -1.33. The minimum Gasteiger partial charge on any atom is -0.455 e. The van der Waals surface area contributed by atoms with Gasteiger partial charge in [0.05, 0.1) is 12.6 Å². The molecular weight excluding hydrogens is 244 g/mol. The molecule has 2 N–H and O–H groups in total. The second-order valence-corrected chi connectivity index (χ2v) is 4.86. The van der Waals surface area contributed by atoms with Crippen LogP contribution in [0.15, 0.2) is 16.5 Å². The second-order valence-electron chi connectivity index (χ2n) is 4.86. The fourth-order valence-corrected chi connectivity index (χ4v) is 2.30. The van der Waals surface area contributed by atoms with Gasteiger partial charge in [-0.3, -0.25) is 4.79 Å². The van der Waals surface area contributed by atoms with Crippen molar-refractivity contribution in [3.8, 4) is 0 Å². The first-order valence-corrected chi connectivity index (χ1v) is 6.94. The van der Waals surface area contributed by atoms with Crippen LogP contribution < -0.4 is 5.73 Å². The summed E-state index contributed by atoms with van der Waals surface area (Å²) in [6, 6.07) is 3.45. The maximum atomic E-state index is 12.3. The summed E-state index contributed by atoms with van der Waals surface area (Å²) in [6.07, 6.45) is 3.16. The minimum absolute atomic E-state index is 0.0653. The van der Waals surface area contributed by atoms with Gasteiger partial charge in [-0.25, -0.2) is 0 Å². The lowest BCUT2D eigenvalue weighted by molar-refractivity contribution is 0.00111. The fraction of sp³-hybridized carbons (Fsp3) is 0.643. The number of carbonyl (C=O) groups excluding carboxylic acids is 1. The normalized spacial score (nSPS) is 19.7. The third kappa shape index (κ3) is 3.58. The van der Waals surface area contributed by atoms with Crippen LogP contribution in [0.2, 0.25) is 0 Å². The lowest BCUT2D eigenvalue weighted by atomic mass is 10.1. The topological polar surface area (TPSA) is 68.7 Å². The quantitative estimate of drug-likeness (QED) is 0.882. The van der Waals surface area contributed by atoms with Gasteiger partial charge in [0, 0.05) is 19.7 Å². The summed E-state index contributed by atoms with van der Waals surface area (Å²) in [5, 5.41) is 0. The van der Waals surface area contributed by atoms with Crippen molar-refractivity contribution in [1.29, 1.82) is 0 Å². The number of carbonyl (C=O) groups is 1. The second kappa shape index (κ2) is 6.73. The summed E-state index contributed by atoms with van der Waals surface area (Å²) < 4.78 is 11.1. The molecule has 1 unspecified atom stereocenters. The Labute approximate surface area is 113 Å². The van der Waals surface area contributed by atoms with Crippen molar-refractivity contribution in [3.63, 3.8) is 0 Å². The highest BCUT2D eigenvalue weighted by molar-refractivity contribution is 5.91. The Balaban J connectivity index is 1.94. The van der Waals surface area contributed by atoms with E-state index in [-0.39, 0.29) is 12.0 Å². The van der Waals surface area contributed by atoms with Crippen molar-refractivity contribution in [2.24, 2.45) is 5.73 Å². The molecule has 1 amide bonds. The lowest BCUT2D eigenvalue weighted by Gasteiger charge is -2.32. The van der Waals surface area contributed by atoms with Gasteiger partial charge < -0.3 is 19.8 Å². The molecule has 1 saturated heterocycles. The van der Waals surface area contributed by atoms with Crippen LogP contribution in [0.25, 0.3) is 0 Å². The largest absolute Gasteiger partial charge is 0.455 e. The Kier molecular flexibility index (Phi) is 4.99. The first-order valence-electron chi connectivity index (χ1n) is 6.94. The molecule has 1 atom stereocenters. The van der Waals surface area contributed by atoms with E-state index >= 15 is 0 Å². The number of piperidine rings is 1. The molecule has 0 bridgehead atoms. The van der Waals surface area contributed by atoms with Gasteiger partial charge in [-0.1, -0.05) is 6.92 Å². The maximum absolute atomic E-state index is 12.3. The number of likely N-dealkylation sites (tertiary alicyclic amines) is 1. The molecule has 1 aromatic rings. The van der Waals surface area contributed by atoms with E-state index in [1.54, 1.807) is 12.1 Å². The number of rotatable bonds is 5. The molecule has 1 aliphatic rings. The Morgan fingerprint density at radius 2 is 2.42 bits per heavy atom. The van der Waals surface area contributed by atoms with E-state index in [0.29, 0.717) is 24.6 Å². The van der Waals surface area contributed by atoms with Crippen LogP contribution in [-0.2, 0) is 11.3 Å². The molecule has 2 heterocycles. The van der Waals surface area contributed by atoms with Gasteiger partial charge in [0.1, 0.15) is 5.76 Å². The van der Waals surface area contributed by atoms with Gasteiger partial charge in [0.15, 0.2) is 5.76 Å². The third-order valence-electron chi connectivity index (χ3n) is 3.30. The first kappa shape index (κ1) is 14.1. The number of nitrogens with two attached hydrogens (primary N) is 1. The predicted molar refractivity (Wildman–Crippen MR) is 71.8 cm³/mol. The van der Waals surface area contributed by atoms with E-state index in [2.05, 4.69) is 6.92 Å². The van der Waals surface area contributed by atoms with E-state index in [4.69, 9.17) is 14.9 Å². The standard InChI is InChI=1S/C14H22N2O3/c1-2-8-18-12-4-3-7-16(10-12)14(17)13-6-5-11(9-15)19-13/h5-6,12H,2-4,7-10,15H2,1H3. The molecule has 0 aromatic carbocycles. The Morgan fingerprint density at radius 1 is 1.58 bits per heavy atom. The summed E-state index contributed by atoms with van der Waals surface area (Å²) in [4.78, 5) is 14.1. The van der Waals surface area contributed by atoms with Crippen LogP contribution in [0.5, 0.6) is 0 Å². The van der Waals surface area contributed by atoms with Crippen LogP contribution in [-0.4, -0.2) is 36.6 Å².